The molecule has 0 atom stereocenters. The number of nitrogens with zero attached hydrogens (tertiary/aromatic N) is 3. The predicted molar refractivity (Wildman–Crippen MR) is 125 cm³/mol. The molecule has 3 amide bonds. The summed E-state index contributed by atoms with van der Waals surface area (Å²) in [7, 11) is 1.42. The summed E-state index contributed by atoms with van der Waals surface area (Å²) in [5, 5.41) is 17.1. The number of carbonyl (C=O) groups excluding carboxylic acids is 2. The molecule has 2 aromatic heterocycles. The van der Waals surface area contributed by atoms with E-state index in [1.54, 1.807) is 0 Å². The normalized spacial score (nSPS) is 11.0. The van der Waals surface area contributed by atoms with Crippen LogP contribution in [0, 0.1) is 0 Å². The average Bonchev–Trinajstić information content (AvgIpc) is 3.40. The van der Waals surface area contributed by atoms with Crippen molar-refractivity contribution >= 4 is 23.3 Å². The fourth-order valence-corrected chi connectivity index (χ4v) is 3.30. The topological polar surface area (TPSA) is 121 Å². The van der Waals surface area contributed by atoms with Crippen LogP contribution >= 0.6 is 0 Å². The van der Waals surface area contributed by atoms with Gasteiger partial charge in [0.15, 0.2) is 0 Å². The number of imidazole rings is 1. The van der Waals surface area contributed by atoms with Crippen molar-refractivity contribution in [2.45, 2.75) is 6.18 Å². The molecule has 4 rings (SSSR count). The first-order chi connectivity index (χ1) is 17.6. The van der Waals surface area contributed by atoms with Crippen LogP contribution in [-0.2, 0) is 6.18 Å². The molecule has 0 aliphatic rings. The maximum absolute atomic E-state index is 13.2. The quantitative estimate of drug-likeness (QED) is 0.227. The summed E-state index contributed by atoms with van der Waals surface area (Å²) >= 11 is 0. The van der Waals surface area contributed by atoms with Gasteiger partial charge in [-0.05, 0) is 42.5 Å². The highest BCUT2D eigenvalue weighted by molar-refractivity contribution is 6.01. The number of carbonyl (C=O) groups is 2. The molecular formula is C24H20F3N6O4+. The Morgan fingerprint density at radius 3 is 2.43 bits per heavy atom. The van der Waals surface area contributed by atoms with E-state index >= 15 is 0 Å². The third-order valence-corrected chi connectivity index (χ3v) is 5.07. The molecule has 190 valence electrons. The molecule has 0 saturated carbocycles. The smallest absolute Gasteiger partial charge is 0.416 e. The molecule has 0 bridgehead atoms. The number of amides is 3. The van der Waals surface area contributed by atoms with Crippen LogP contribution in [0.15, 0.2) is 79.5 Å². The summed E-state index contributed by atoms with van der Waals surface area (Å²) in [5.41, 5.74) is -0.386. The fourth-order valence-electron chi connectivity index (χ4n) is 3.30. The number of anilines is 2. The van der Waals surface area contributed by atoms with Crippen LogP contribution < -0.4 is 25.4 Å². The van der Waals surface area contributed by atoms with Crippen molar-refractivity contribution in [3.8, 4) is 17.2 Å². The molecule has 0 saturated heterocycles. The lowest BCUT2D eigenvalue weighted by Gasteiger charge is -2.15. The van der Waals surface area contributed by atoms with Gasteiger partial charge in [0.25, 0.3) is 0 Å². The Bertz CT molecular complexity index is 1420. The number of alkyl halides is 3. The van der Waals surface area contributed by atoms with Crippen molar-refractivity contribution in [3.05, 3.63) is 90.8 Å². The molecule has 0 unspecified atom stereocenters. The average molecular weight is 513 g/mol. The van der Waals surface area contributed by atoms with Gasteiger partial charge in [0.1, 0.15) is 11.5 Å². The first kappa shape index (κ1) is 25.0. The maximum atomic E-state index is 13.2. The molecule has 4 N–H and O–H groups in total. The largest absolute Gasteiger partial charge is 0.457 e. The standard InChI is InChI=1S/C24H19F3N6O4/c1-28-22(34)21-13-18(8-10-33(21)36)37-17-5-3-16(4-6-17)30-23(35)31-19-12-15(24(25,26)27)2-7-20(19)32-11-9-29-14-32/h2-14H,1H3,(H3-,28,30,31,34,35,36)/p+1. The van der Waals surface area contributed by atoms with Gasteiger partial charge < -0.3 is 25.3 Å². The van der Waals surface area contributed by atoms with Crippen LogP contribution in [0.3, 0.4) is 0 Å². The van der Waals surface area contributed by atoms with Crippen molar-refractivity contribution < 1.29 is 37.4 Å². The SMILES string of the molecule is CNC(=O)c1cc(Oc2ccc(NC(=O)Nc3cc(C(F)(F)F)ccc3-n3ccnc3)cc2)cc[n+]1O. The van der Waals surface area contributed by atoms with Gasteiger partial charge in [0.2, 0.25) is 6.20 Å². The van der Waals surface area contributed by atoms with Crippen LogP contribution in [-0.4, -0.2) is 33.7 Å². The fraction of sp³-hybridized carbons (Fsp3) is 0.0833. The lowest BCUT2D eigenvalue weighted by molar-refractivity contribution is -0.905. The predicted octanol–water partition coefficient (Wildman–Crippen LogP) is 4.21. The van der Waals surface area contributed by atoms with Gasteiger partial charge in [-0.1, -0.05) is 0 Å². The third-order valence-electron chi connectivity index (χ3n) is 5.07. The van der Waals surface area contributed by atoms with E-state index in [2.05, 4.69) is 20.9 Å². The number of halogens is 3. The molecular weight excluding hydrogens is 493 g/mol. The zero-order chi connectivity index (χ0) is 26.6. The highest BCUT2D eigenvalue weighted by Gasteiger charge is 2.31. The Morgan fingerprint density at radius 1 is 1.03 bits per heavy atom. The summed E-state index contributed by atoms with van der Waals surface area (Å²) in [4.78, 5) is 28.3. The molecule has 37 heavy (non-hydrogen) atoms. The van der Waals surface area contributed by atoms with Gasteiger partial charge in [-0.2, -0.15) is 13.2 Å². The van der Waals surface area contributed by atoms with E-state index in [0.717, 1.165) is 12.1 Å². The summed E-state index contributed by atoms with van der Waals surface area (Å²) in [6, 6.07) is 11.1. The molecule has 0 spiro atoms. The monoisotopic (exact) mass is 513 g/mol. The lowest BCUT2D eigenvalue weighted by atomic mass is 10.1. The number of hydrogen-bond donors (Lipinski definition) is 4. The van der Waals surface area contributed by atoms with Crippen LogP contribution in [0.4, 0.5) is 29.3 Å². The maximum Gasteiger partial charge on any atom is 0.416 e. The van der Waals surface area contributed by atoms with E-state index in [4.69, 9.17) is 4.74 Å². The summed E-state index contributed by atoms with van der Waals surface area (Å²) in [6.07, 6.45) is 1.05. The van der Waals surface area contributed by atoms with Gasteiger partial charge in [-0.25, -0.2) is 9.78 Å². The Hall–Kier alpha value is -5.07. The molecule has 10 nitrogen and oxygen atoms in total. The first-order valence-corrected chi connectivity index (χ1v) is 10.7. The summed E-state index contributed by atoms with van der Waals surface area (Å²) < 4.78 is 47.5. The highest BCUT2D eigenvalue weighted by Crippen LogP contribution is 2.33. The van der Waals surface area contributed by atoms with E-state index < -0.39 is 23.7 Å². The van der Waals surface area contributed by atoms with Crippen molar-refractivity contribution in [2.75, 3.05) is 17.7 Å². The highest BCUT2D eigenvalue weighted by atomic mass is 19.4. The lowest BCUT2D eigenvalue weighted by Crippen LogP contribution is -2.40. The number of ether oxygens (including phenoxy) is 1. The van der Waals surface area contributed by atoms with Crippen LogP contribution in [0.2, 0.25) is 0 Å². The molecule has 2 heterocycles. The molecule has 4 aromatic rings. The Labute approximate surface area is 207 Å². The Kier molecular flexibility index (Phi) is 6.95. The van der Waals surface area contributed by atoms with Gasteiger partial charge in [0.05, 0.1) is 29.3 Å². The van der Waals surface area contributed by atoms with Crippen molar-refractivity contribution in [2.24, 2.45) is 0 Å². The van der Waals surface area contributed by atoms with Crippen molar-refractivity contribution in [1.29, 1.82) is 0 Å². The van der Waals surface area contributed by atoms with E-state index in [1.807, 2.05) is 0 Å². The van der Waals surface area contributed by atoms with Crippen LogP contribution in [0.1, 0.15) is 16.1 Å². The summed E-state index contributed by atoms with van der Waals surface area (Å²) in [6.45, 7) is 0. The Morgan fingerprint density at radius 2 is 1.78 bits per heavy atom. The number of pyridine rings is 1. The van der Waals surface area contributed by atoms with E-state index in [9.17, 15) is 28.0 Å². The second kappa shape index (κ2) is 10.3. The number of aromatic nitrogens is 3. The number of hydrogen-bond acceptors (Lipinski definition) is 5. The van der Waals surface area contributed by atoms with Crippen molar-refractivity contribution in [1.82, 2.24) is 14.9 Å². The van der Waals surface area contributed by atoms with E-state index in [1.165, 1.54) is 79.0 Å². The van der Waals surface area contributed by atoms with Gasteiger partial charge in [-0.3, -0.25) is 10.0 Å². The van der Waals surface area contributed by atoms with Crippen molar-refractivity contribution in [3.63, 3.8) is 0 Å². The van der Waals surface area contributed by atoms with Gasteiger partial charge in [-0.15, -0.1) is 0 Å². The second-order valence-electron chi connectivity index (χ2n) is 7.58. The minimum atomic E-state index is -4.59. The molecule has 0 aliphatic heterocycles. The zero-order valence-electron chi connectivity index (χ0n) is 19.2. The minimum Gasteiger partial charge on any atom is -0.457 e. The molecule has 0 radical (unpaired) electrons. The third kappa shape index (κ3) is 5.96. The molecule has 13 heteroatoms. The molecule has 0 fully saturated rings. The molecule has 2 aromatic carbocycles. The summed E-state index contributed by atoms with van der Waals surface area (Å²) in [5.74, 6) is 0.124. The minimum absolute atomic E-state index is 0.0420. The number of rotatable bonds is 6. The Balaban J connectivity index is 1.47. The molecule has 0 aliphatic carbocycles. The first-order valence-electron chi connectivity index (χ1n) is 10.7. The number of benzene rings is 2. The van der Waals surface area contributed by atoms with Crippen LogP contribution in [0.5, 0.6) is 11.5 Å². The van der Waals surface area contributed by atoms with Gasteiger partial charge in [0, 0.05) is 35.9 Å². The van der Waals surface area contributed by atoms with E-state index in [0.29, 0.717) is 21.9 Å². The number of nitrogens with one attached hydrogen (secondary N) is 3. The van der Waals surface area contributed by atoms with Crippen LogP contribution in [0.25, 0.3) is 5.69 Å². The second-order valence-corrected chi connectivity index (χ2v) is 7.58. The van der Waals surface area contributed by atoms with E-state index in [-0.39, 0.29) is 17.1 Å². The number of urea groups is 1. The zero-order valence-corrected chi connectivity index (χ0v) is 19.2. The van der Waals surface area contributed by atoms with Gasteiger partial charge >= 0.3 is 23.8 Å².